The van der Waals surface area contributed by atoms with E-state index >= 15 is 0 Å². The molecule has 0 heterocycles. The third-order valence-electron chi connectivity index (χ3n) is 4.75. The highest BCUT2D eigenvalue weighted by molar-refractivity contribution is 9.10. The summed E-state index contributed by atoms with van der Waals surface area (Å²) >= 11 is 3.54. The first-order valence-electron chi connectivity index (χ1n) is 6.02. The molecule has 0 aromatic carbocycles. The van der Waals surface area contributed by atoms with Gasteiger partial charge in [-0.15, -0.1) is 0 Å². The van der Waals surface area contributed by atoms with Gasteiger partial charge in [-0.05, 0) is 36.0 Å². The maximum absolute atomic E-state index is 11.8. The molecule has 1 nitrogen and oxygen atoms in total. The minimum Gasteiger partial charge on any atom is -0.298 e. The van der Waals surface area contributed by atoms with Crippen molar-refractivity contribution in [1.82, 2.24) is 0 Å². The van der Waals surface area contributed by atoms with E-state index < -0.39 is 0 Å². The monoisotopic (exact) mass is 272 g/mol. The summed E-state index contributed by atoms with van der Waals surface area (Å²) in [7, 11) is 0. The Morgan fingerprint density at radius 1 is 1.27 bits per heavy atom. The number of carbonyl (C=O) groups is 1. The van der Waals surface area contributed by atoms with Gasteiger partial charge in [-0.2, -0.15) is 0 Å². The summed E-state index contributed by atoms with van der Waals surface area (Å²) in [6, 6.07) is 0. The van der Waals surface area contributed by atoms with Crippen molar-refractivity contribution in [2.75, 3.05) is 0 Å². The zero-order valence-electron chi connectivity index (χ0n) is 9.98. The number of alkyl halides is 1. The molecule has 2 fully saturated rings. The zero-order chi connectivity index (χ0) is 11.3. The van der Waals surface area contributed by atoms with E-state index in [1.165, 1.54) is 19.3 Å². The second-order valence-corrected chi connectivity index (χ2v) is 7.50. The van der Waals surface area contributed by atoms with Crippen molar-refractivity contribution in [3.8, 4) is 0 Å². The van der Waals surface area contributed by atoms with Crippen LogP contribution in [0.25, 0.3) is 0 Å². The largest absolute Gasteiger partial charge is 0.298 e. The summed E-state index contributed by atoms with van der Waals surface area (Å²) in [5.74, 6) is 1.02. The molecule has 2 aliphatic carbocycles. The number of hydrogen-bond acceptors (Lipinski definition) is 1. The van der Waals surface area contributed by atoms with Crippen LogP contribution in [0.15, 0.2) is 0 Å². The van der Waals surface area contributed by atoms with E-state index in [2.05, 4.69) is 36.7 Å². The van der Waals surface area contributed by atoms with E-state index in [9.17, 15) is 4.79 Å². The molecule has 0 aromatic rings. The molecule has 0 unspecified atom stereocenters. The molecule has 86 valence electrons. The van der Waals surface area contributed by atoms with E-state index in [0.29, 0.717) is 22.5 Å². The molecule has 15 heavy (non-hydrogen) atoms. The summed E-state index contributed by atoms with van der Waals surface area (Å²) in [5, 5.41) is 0. The molecule has 0 radical (unpaired) electrons. The van der Waals surface area contributed by atoms with Gasteiger partial charge in [0.2, 0.25) is 0 Å². The van der Waals surface area contributed by atoms with Crippen LogP contribution in [0.2, 0.25) is 0 Å². The molecular weight excluding hydrogens is 252 g/mol. The van der Waals surface area contributed by atoms with Gasteiger partial charge in [0, 0.05) is 6.42 Å². The molecule has 0 amide bonds. The van der Waals surface area contributed by atoms with E-state index in [1.807, 2.05) is 0 Å². The van der Waals surface area contributed by atoms with Crippen molar-refractivity contribution < 1.29 is 4.79 Å². The van der Waals surface area contributed by atoms with Crippen molar-refractivity contribution in [3.63, 3.8) is 0 Å². The maximum Gasteiger partial charge on any atom is 0.146 e. The molecule has 0 bridgehead atoms. The predicted molar refractivity (Wildman–Crippen MR) is 66.2 cm³/mol. The molecule has 2 heteroatoms. The molecule has 0 saturated heterocycles. The Morgan fingerprint density at radius 2 is 1.93 bits per heavy atom. The Morgan fingerprint density at radius 3 is 2.60 bits per heavy atom. The summed E-state index contributed by atoms with van der Waals surface area (Å²) < 4.78 is 0. The molecule has 0 N–H and O–H groups in total. The summed E-state index contributed by atoms with van der Waals surface area (Å²) in [4.78, 5) is 12.0. The third kappa shape index (κ3) is 1.90. The lowest BCUT2D eigenvalue weighted by atomic mass is 9.51. The number of fused-ring (bicyclic) bond motifs is 1. The highest BCUT2D eigenvalue weighted by atomic mass is 79.9. The Labute approximate surface area is 101 Å². The molecular formula is C13H21BrO. The van der Waals surface area contributed by atoms with Gasteiger partial charge in [0.1, 0.15) is 5.78 Å². The van der Waals surface area contributed by atoms with Crippen molar-refractivity contribution in [1.29, 1.82) is 0 Å². The van der Waals surface area contributed by atoms with Gasteiger partial charge >= 0.3 is 0 Å². The zero-order valence-corrected chi connectivity index (χ0v) is 11.6. The smallest absolute Gasteiger partial charge is 0.146 e. The summed E-state index contributed by atoms with van der Waals surface area (Å²) in [6.45, 7) is 7.08. The van der Waals surface area contributed by atoms with E-state index in [-0.39, 0.29) is 4.83 Å². The Kier molecular flexibility index (Phi) is 2.77. The van der Waals surface area contributed by atoms with E-state index in [0.717, 1.165) is 12.8 Å². The Balaban J connectivity index is 2.28. The number of rotatable bonds is 0. The average Bonchev–Trinajstić information content (AvgIpc) is 2.09. The molecule has 0 spiro atoms. The van der Waals surface area contributed by atoms with Gasteiger partial charge in [0.25, 0.3) is 0 Å². The van der Waals surface area contributed by atoms with Crippen LogP contribution in [-0.2, 0) is 4.79 Å². The van der Waals surface area contributed by atoms with Crippen LogP contribution in [0.3, 0.4) is 0 Å². The van der Waals surface area contributed by atoms with Gasteiger partial charge in [-0.3, -0.25) is 4.79 Å². The summed E-state index contributed by atoms with van der Waals surface area (Å²) in [5.41, 5.74) is 0.750. The Hall–Kier alpha value is 0.150. The first-order chi connectivity index (χ1) is 6.85. The highest BCUT2D eigenvalue weighted by Gasteiger charge is 2.51. The highest BCUT2D eigenvalue weighted by Crippen LogP contribution is 2.57. The standard InChI is InChI=1S/C13H21BrO/c1-12(2)5-4-6-13(3)8-9(14)10(15)7-11(12)13/h9,11H,4-8H2,1-3H3/t9-,11+,13-/m1/s1. The molecule has 2 aliphatic rings. The SMILES string of the molecule is CC1(C)CCC[C@]2(C)C[C@@H](Br)C(=O)C[C@@H]12. The number of ketones is 1. The minimum absolute atomic E-state index is 0.118. The van der Waals surface area contributed by atoms with Gasteiger partial charge in [0.15, 0.2) is 0 Å². The molecule has 3 atom stereocenters. The number of halogens is 1. The van der Waals surface area contributed by atoms with Crippen molar-refractivity contribution in [2.45, 2.75) is 57.7 Å². The fraction of sp³-hybridized carbons (Fsp3) is 0.923. The van der Waals surface area contributed by atoms with Crippen molar-refractivity contribution in [2.24, 2.45) is 16.7 Å². The first kappa shape index (κ1) is 11.6. The van der Waals surface area contributed by atoms with Crippen molar-refractivity contribution >= 4 is 21.7 Å². The predicted octanol–water partition coefficient (Wildman–Crippen LogP) is 3.95. The first-order valence-corrected chi connectivity index (χ1v) is 6.93. The second kappa shape index (κ2) is 3.58. The lowest BCUT2D eigenvalue weighted by Crippen LogP contribution is -2.49. The van der Waals surface area contributed by atoms with Crippen molar-refractivity contribution in [3.05, 3.63) is 0 Å². The fourth-order valence-corrected chi connectivity index (χ4v) is 4.79. The fourth-order valence-electron chi connectivity index (χ4n) is 3.86. The van der Waals surface area contributed by atoms with Crippen LogP contribution in [-0.4, -0.2) is 10.6 Å². The minimum atomic E-state index is 0.118. The van der Waals surface area contributed by atoms with Gasteiger partial charge < -0.3 is 0 Å². The lowest BCUT2D eigenvalue weighted by Gasteiger charge is -2.54. The number of Topliss-reactive ketones (excluding diaryl/α,β-unsaturated/α-hetero) is 1. The van der Waals surface area contributed by atoms with Crippen LogP contribution >= 0.6 is 15.9 Å². The van der Waals surface area contributed by atoms with Crippen LogP contribution in [0.5, 0.6) is 0 Å². The van der Waals surface area contributed by atoms with Crippen LogP contribution < -0.4 is 0 Å². The molecule has 0 aliphatic heterocycles. The second-order valence-electron chi connectivity index (χ2n) is 6.39. The van der Waals surface area contributed by atoms with Gasteiger partial charge in [0.05, 0.1) is 4.83 Å². The molecule has 0 aromatic heterocycles. The van der Waals surface area contributed by atoms with Crippen LogP contribution in [0.4, 0.5) is 0 Å². The Bertz CT molecular complexity index is 284. The maximum atomic E-state index is 11.8. The normalized spacial score (nSPS) is 44.9. The van der Waals surface area contributed by atoms with E-state index in [1.54, 1.807) is 0 Å². The van der Waals surface area contributed by atoms with Gasteiger partial charge in [-0.25, -0.2) is 0 Å². The average molecular weight is 273 g/mol. The summed E-state index contributed by atoms with van der Waals surface area (Å²) in [6.07, 6.45) is 5.75. The molecule has 2 saturated carbocycles. The van der Waals surface area contributed by atoms with Crippen LogP contribution in [0.1, 0.15) is 52.9 Å². The molecule has 2 rings (SSSR count). The van der Waals surface area contributed by atoms with E-state index in [4.69, 9.17) is 0 Å². The van der Waals surface area contributed by atoms with Gasteiger partial charge in [-0.1, -0.05) is 43.1 Å². The third-order valence-corrected chi connectivity index (χ3v) is 5.59. The van der Waals surface area contributed by atoms with Crippen LogP contribution in [0, 0.1) is 16.7 Å². The topological polar surface area (TPSA) is 17.1 Å². The quantitative estimate of drug-likeness (QED) is 0.611. The number of hydrogen-bond donors (Lipinski definition) is 0. The number of carbonyl (C=O) groups excluding carboxylic acids is 1. The lowest BCUT2D eigenvalue weighted by molar-refractivity contribution is -0.130.